The Balaban J connectivity index is 3.75. The molecule has 0 aliphatic carbocycles. The lowest BCUT2D eigenvalue weighted by Gasteiger charge is -2.29. The molecule has 0 aromatic carbocycles. The summed E-state index contributed by atoms with van der Waals surface area (Å²) in [5.41, 5.74) is -0.0958. The fraction of sp³-hybridized carbons (Fsp3) is 0.864. The molecule has 0 fully saturated rings. The molecular formula is C44H84N2O3. The average molecular weight is 689 g/mol. The minimum absolute atomic E-state index is 0.0958. The second-order valence-electron chi connectivity index (χ2n) is 15.2. The first-order valence-electron chi connectivity index (χ1n) is 21.4. The van der Waals surface area contributed by atoms with Gasteiger partial charge in [-0.1, -0.05) is 148 Å². The molecule has 0 saturated carbocycles. The van der Waals surface area contributed by atoms with Crippen LogP contribution in [0.3, 0.4) is 0 Å². The Bertz CT molecular complexity index is 720. The van der Waals surface area contributed by atoms with E-state index in [0.29, 0.717) is 32.4 Å². The molecule has 5 heteroatoms. The SMILES string of the molecule is CCCCCCCC/C=C\CCCCCCCC(=O)NCCC(C)(CCO)CCNC(=O)CCCCCCC/C=C\CCCCCCCC. The van der Waals surface area contributed by atoms with Crippen LogP contribution in [-0.2, 0) is 9.59 Å². The van der Waals surface area contributed by atoms with E-state index in [1.807, 2.05) is 0 Å². The summed E-state index contributed by atoms with van der Waals surface area (Å²) in [6, 6.07) is 0. The smallest absolute Gasteiger partial charge is 0.219 e. The number of carbonyl (C=O) groups is 2. The highest BCUT2D eigenvalue weighted by Gasteiger charge is 2.23. The van der Waals surface area contributed by atoms with Gasteiger partial charge in [-0.05, 0) is 88.9 Å². The molecule has 0 atom stereocenters. The number of nitrogens with one attached hydrogen (secondary N) is 2. The number of aliphatic hydroxyl groups excluding tert-OH is 1. The van der Waals surface area contributed by atoms with E-state index < -0.39 is 0 Å². The summed E-state index contributed by atoms with van der Waals surface area (Å²) in [5.74, 6) is 0.273. The third-order valence-electron chi connectivity index (χ3n) is 10.1. The first-order valence-corrected chi connectivity index (χ1v) is 21.4. The molecule has 0 rings (SSSR count). The summed E-state index contributed by atoms with van der Waals surface area (Å²) >= 11 is 0. The van der Waals surface area contributed by atoms with Crippen LogP contribution in [0.2, 0.25) is 0 Å². The predicted octanol–water partition coefficient (Wildman–Crippen LogP) is 12.5. The van der Waals surface area contributed by atoms with Gasteiger partial charge in [0.25, 0.3) is 0 Å². The predicted molar refractivity (Wildman–Crippen MR) is 214 cm³/mol. The summed E-state index contributed by atoms with van der Waals surface area (Å²) in [6.45, 7) is 8.08. The number of rotatable bonds is 38. The average Bonchev–Trinajstić information content (AvgIpc) is 3.08. The van der Waals surface area contributed by atoms with E-state index in [4.69, 9.17) is 0 Å². The van der Waals surface area contributed by atoms with Crippen LogP contribution in [0.15, 0.2) is 24.3 Å². The van der Waals surface area contributed by atoms with Crippen LogP contribution >= 0.6 is 0 Å². The summed E-state index contributed by atoms with van der Waals surface area (Å²) in [6.07, 6.45) is 45.7. The van der Waals surface area contributed by atoms with Crippen molar-refractivity contribution in [2.45, 2.75) is 220 Å². The lowest BCUT2D eigenvalue weighted by molar-refractivity contribution is -0.121. The van der Waals surface area contributed by atoms with Gasteiger partial charge in [0, 0.05) is 32.5 Å². The highest BCUT2D eigenvalue weighted by atomic mass is 16.3. The zero-order valence-electron chi connectivity index (χ0n) is 33.1. The highest BCUT2D eigenvalue weighted by Crippen LogP contribution is 2.29. The molecule has 49 heavy (non-hydrogen) atoms. The van der Waals surface area contributed by atoms with Crippen LogP contribution in [0, 0.1) is 5.41 Å². The first-order chi connectivity index (χ1) is 24.0. The molecule has 5 nitrogen and oxygen atoms in total. The minimum Gasteiger partial charge on any atom is -0.396 e. The molecule has 0 heterocycles. The van der Waals surface area contributed by atoms with Crippen molar-refractivity contribution in [2.24, 2.45) is 5.41 Å². The summed E-state index contributed by atoms with van der Waals surface area (Å²) in [7, 11) is 0. The van der Waals surface area contributed by atoms with E-state index in [2.05, 4.69) is 55.7 Å². The Kier molecular flexibility index (Phi) is 36.4. The van der Waals surface area contributed by atoms with E-state index in [1.165, 1.54) is 141 Å². The van der Waals surface area contributed by atoms with Gasteiger partial charge in [0.15, 0.2) is 0 Å². The van der Waals surface area contributed by atoms with Gasteiger partial charge in [-0.15, -0.1) is 0 Å². The van der Waals surface area contributed by atoms with Crippen LogP contribution in [0.25, 0.3) is 0 Å². The van der Waals surface area contributed by atoms with Crippen molar-refractivity contribution in [3.8, 4) is 0 Å². The van der Waals surface area contributed by atoms with Gasteiger partial charge in [-0.25, -0.2) is 0 Å². The van der Waals surface area contributed by atoms with Crippen molar-refractivity contribution in [3.63, 3.8) is 0 Å². The molecule has 0 saturated heterocycles. The molecule has 0 aliphatic heterocycles. The largest absolute Gasteiger partial charge is 0.396 e. The molecule has 0 spiro atoms. The van der Waals surface area contributed by atoms with E-state index in [0.717, 1.165) is 38.5 Å². The number of carbonyl (C=O) groups excluding carboxylic acids is 2. The van der Waals surface area contributed by atoms with Gasteiger partial charge in [-0.2, -0.15) is 0 Å². The van der Waals surface area contributed by atoms with E-state index >= 15 is 0 Å². The van der Waals surface area contributed by atoms with E-state index in [9.17, 15) is 14.7 Å². The Labute approximate surface area is 305 Å². The second-order valence-corrected chi connectivity index (χ2v) is 15.2. The van der Waals surface area contributed by atoms with Crippen LogP contribution < -0.4 is 10.6 Å². The molecule has 3 N–H and O–H groups in total. The molecule has 288 valence electrons. The van der Waals surface area contributed by atoms with Crippen molar-refractivity contribution in [2.75, 3.05) is 19.7 Å². The lowest BCUT2D eigenvalue weighted by atomic mass is 9.80. The van der Waals surface area contributed by atoms with E-state index in [-0.39, 0.29) is 23.8 Å². The fourth-order valence-electron chi connectivity index (χ4n) is 6.54. The van der Waals surface area contributed by atoms with Crippen molar-refractivity contribution >= 4 is 11.8 Å². The Morgan fingerprint density at radius 1 is 0.469 bits per heavy atom. The maximum absolute atomic E-state index is 12.4. The van der Waals surface area contributed by atoms with Crippen molar-refractivity contribution < 1.29 is 14.7 Å². The Morgan fingerprint density at radius 2 is 0.776 bits per heavy atom. The number of hydrogen-bond acceptors (Lipinski definition) is 3. The summed E-state index contributed by atoms with van der Waals surface area (Å²) in [4.78, 5) is 24.8. The zero-order chi connectivity index (χ0) is 35.9. The number of amides is 2. The third kappa shape index (κ3) is 36.0. The van der Waals surface area contributed by atoms with Crippen LogP contribution in [0.1, 0.15) is 220 Å². The molecule has 0 aliphatic rings. The van der Waals surface area contributed by atoms with Crippen LogP contribution in [0.5, 0.6) is 0 Å². The molecule has 0 radical (unpaired) electrons. The van der Waals surface area contributed by atoms with Crippen molar-refractivity contribution in [1.82, 2.24) is 10.6 Å². The summed E-state index contributed by atoms with van der Waals surface area (Å²) in [5, 5.41) is 15.8. The third-order valence-corrected chi connectivity index (χ3v) is 10.1. The fourth-order valence-corrected chi connectivity index (χ4v) is 6.54. The zero-order valence-corrected chi connectivity index (χ0v) is 33.1. The monoisotopic (exact) mass is 689 g/mol. The van der Waals surface area contributed by atoms with Gasteiger partial charge in [0.05, 0.1) is 0 Å². The maximum Gasteiger partial charge on any atom is 0.219 e. The number of hydrogen-bond donors (Lipinski definition) is 3. The minimum atomic E-state index is -0.0958. The number of unbranched alkanes of at least 4 members (excludes halogenated alkanes) is 22. The Hall–Kier alpha value is -1.62. The topological polar surface area (TPSA) is 78.4 Å². The highest BCUT2D eigenvalue weighted by molar-refractivity contribution is 5.76. The second kappa shape index (κ2) is 37.6. The van der Waals surface area contributed by atoms with Gasteiger partial charge in [0.2, 0.25) is 11.8 Å². The van der Waals surface area contributed by atoms with E-state index in [1.54, 1.807) is 0 Å². The number of allylic oxidation sites excluding steroid dienone is 4. The molecule has 0 aromatic heterocycles. The Morgan fingerprint density at radius 3 is 1.10 bits per heavy atom. The molecular weight excluding hydrogens is 604 g/mol. The molecule has 0 aromatic rings. The standard InChI is InChI=1S/C44H84N2O3/c1-4-6-8-10-12-14-16-18-20-22-24-26-28-30-32-34-42(48)45-39-36-44(3,38-41-47)37-40-46-43(49)35-33-31-29-27-25-23-21-19-17-15-13-11-9-7-5-2/h18-21,47H,4-17,22-41H2,1-3H3,(H,45,48)(H,46,49)/b20-18-,21-19-. The van der Waals surface area contributed by atoms with Crippen molar-refractivity contribution in [1.29, 1.82) is 0 Å². The quantitative estimate of drug-likeness (QED) is 0.0446. The molecule has 2 amide bonds. The van der Waals surface area contributed by atoms with Gasteiger partial charge < -0.3 is 15.7 Å². The normalized spacial score (nSPS) is 12.0. The van der Waals surface area contributed by atoms with Crippen LogP contribution in [0.4, 0.5) is 0 Å². The summed E-state index contributed by atoms with van der Waals surface area (Å²) < 4.78 is 0. The van der Waals surface area contributed by atoms with Crippen molar-refractivity contribution in [3.05, 3.63) is 24.3 Å². The van der Waals surface area contributed by atoms with Gasteiger partial charge >= 0.3 is 0 Å². The first kappa shape index (κ1) is 47.4. The maximum atomic E-state index is 12.4. The number of aliphatic hydroxyl groups is 1. The van der Waals surface area contributed by atoms with Gasteiger partial charge in [0.1, 0.15) is 0 Å². The molecule has 0 unspecified atom stereocenters. The molecule has 0 bridgehead atoms. The van der Waals surface area contributed by atoms with Gasteiger partial charge in [-0.3, -0.25) is 9.59 Å². The van der Waals surface area contributed by atoms with Crippen LogP contribution in [-0.4, -0.2) is 36.6 Å². The lowest BCUT2D eigenvalue weighted by Crippen LogP contribution is -2.33.